The predicted molar refractivity (Wildman–Crippen MR) is 73.2 cm³/mol. The van der Waals surface area contributed by atoms with E-state index in [1.807, 2.05) is 19.1 Å². The van der Waals surface area contributed by atoms with Crippen LogP contribution in [0.4, 0.5) is 5.69 Å². The average molecular weight is 250 g/mol. The van der Waals surface area contributed by atoms with Gasteiger partial charge in [-0.2, -0.15) is 0 Å². The third kappa shape index (κ3) is 3.37. The first-order valence-corrected chi connectivity index (χ1v) is 6.63. The van der Waals surface area contributed by atoms with Gasteiger partial charge in [0.2, 0.25) is 0 Å². The van der Waals surface area contributed by atoms with Crippen LogP contribution in [0, 0.1) is 0 Å². The molecular weight excluding hydrogens is 228 g/mol. The summed E-state index contributed by atoms with van der Waals surface area (Å²) in [6.07, 6.45) is 1.18. The zero-order chi connectivity index (χ0) is 12.8. The maximum absolute atomic E-state index is 5.69. The minimum absolute atomic E-state index is 0.260. The number of hydrogen-bond acceptors (Lipinski definition) is 4. The van der Waals surface area contributed by atoms with Gasteiger partial charge in [0.05, 0.1) is 19.3 Å². The molecule has 0 bridgehead atoms. The second-order valence-corrected chi connectivity index (χ2v) is 4.44. The third-order valence-corrected chi connectivity index (χ3v) is 3.14. The Kier molecular flexibility index (Phi) is 4.84. The molecular formula is C14H22N2O2. The van der Waals surface area contributed by atoms with Gasteiger partial charge in [-0.3, -0.25) is 0 Å². The summed E-state index contributed by atoms with van der Waals surface area (Å²) < 4.78 is 11.1. The highest BCUT2D eigenvalue weighted by Gasteiger charge is 2.19. The van der Waals surface area contributed by atoms with Gasteiger partial charge in [0.25, 0.3) is 0 Å². The number of benzene rings is 1. The molecule has 100 valence electrons. The van der Waals surface area contributed by atoms with E-state index >= 15 is 0 Å². The molecule has 4 nitrogen and oxygen atoms in total. The minimum atomic E-state index is 0.260. The van der Waals surface area contributed by atoms with E-state index < -0.39 is 0 Å². The monoisotopic (exact) mass is 250 g/mol. The molecule has 0 amide bonds. The Bertz CT molecular complexity index is 351. The Balaban J connectivity index is 1.97. The fourth-order valence-corrected chi connectivity index (χ4v) is 2.23. The molecule has 1 aromatic carbocycles. The summed E-state index contributed by atoms with van der Waals surface area (Å²) in [7, 11) is 0. The standard InChI is InChI=1S/C14H22N2O2/c1-2-17-13-5-3-12(4-6-13)16-9-10-18-14(11-16)7-8-15/h3-6,14H,2,7-11,15H2,1H3. The first-order valence-electron chi connectivity index (χ1n) is 6.63. The van der Waals surface area contributed by atoms with Gasteiger partial charge in [0, 0.05) is 18.8 Å². The lowest BCUT2D eigenvalue weighted by Gasteiger charge is -2.34. The molecule has 2 rings (SSSR count). The Morgan fingerprint density at radius 3 is 2.83 bits per heavy atom. The molecule has 1 aromatic rings. The topological polar surface area (TPSA) is 47.7 Å². The summed E-state index contributed by atoms with van der Waals surface area (Å²) in [5, 5.41) is 0. The number of morpholine rings is 1. The Morgan fingerprint density at radius 1 is 1.39 bits per heavy atom. The molecule has 1 heterocycles. The first kappa shape index (κ1) is 13.2. The number of nitrogens with two attached hydrogens (primary N) is 1. The van der Waals surface area contributed by atoms with Gasteiger partial charge in [-0.05, 0) is 44.2 Å². The third-order valence-electron chi connectivity index (χ3n) is 3.14. The highest BCUT2D eigenvalue weighted by atomic mass is 16.5. The fraction of sp³-hybridized carbons (Fsp3) is 0.571. The van der Waals surface area contributed by atoms with Crippen LogP contribution in [0.25, 0.3) is 0 Å². The Hall–Kier alpha value is -1.26. The molecule has 1 atom stereocenters. The van der Waals surface area contributed by atoms with Crippen LogP contribution in [-0.4, -0.2) is 39.0 Å². The first-order chi connectivity index (χ1) is 8.83. The van der Waals surface area contributed by atoms with Crippen molar-refractivity contribution in [2.75, 3.05) is 37.7 Å². The lowest BCUT2D eigenvalue weighted by molar-refractivity contribution is 0.0369. The van der Waals surface area contributed by atoms with Gasteiger partial charge in [-0.15, -0.1) is 0 Å². The summed E-state index contributed by atoms with van der Waals surface area (Å²) in [5.74, 6) is 0.924. The minimum Gasteiger partial charge on any atom is -0.494 e. The van der Waals surface area contributed by atoms with Crippen LogP contribution < -0.4 is 15.4 Å². The zero-order valence-electron chi connectivity index (χ0n) is 11.0. The van der Waals surface area contributed by atoms with Crippen LogP contribution in [0.2, 0.25) is 0 Å². The predicted octanol–water partition coefficient (Wildman–Crippen LogP) is 1.64. The van der Waals surface area contributed by atoms with Gasteiger partial charge in [-0.25, -0.2) is 0 Å². The van der Waals surface area contributed by atoms with Crippen LogP contribution in [0.5, 0.6) is 5.75 Å². The van der Waals surface area contributed by atoms with E-state index in [0.29, 0.717) is 13.2 Å². The summed E-state index contributed by atoms with van der Waals surface area (Å²) >= 11 is 0. The lowest BCUT2D eigenvalue weighted by Crippen LogP contribution is -2.43. The highest BCUT2D eigenvalue weighted by Crippen LogP contribution is 2.22. The van der Waals surface area contributed by atoms with Crippen LogP contribution in [0.3, 0.4) is 0 Å². The molecule has 1 saturated heterocycles. The van der Waals surface area contributed by atoms with Crippen molar-refractivity contribution in [3.05, 3.63) is 24.3 Å². The van der Waals surface area contributed by atoms with E-state index in [2.05, 4.69) is 17.0 Å². The van der Waals surface area contributed by atoms with E-state index in [1.54, 1.807) is 0 Å². The van der Waals surface area contributed by atoms with Gasteiger partial charge in [-0.1, -0.05) is 0 Å². The van der Waals surface area contributed by atoms with Gasteiger partial charge in [0.1, 0.15) is 5.75 Å². The van der Waals surface area contributed by atoms with Crippen molar-refractivity contribution in [1.29, 1.82) is 0 Å². The van der Waals surface area contributed by atoms with Crippen molar-refractivity contribution in [2.45, 2.75) is 19.4 Å². The molecule has 0 spiro atoms. The van der Waals surface area contributed by atoms with E-state index in [9.17, 15) is 0 Å². The summed E-state index contributed by atoms with van der Waals surface area (Å²) in [6, 6.07) is 8.25. The smallest absolute Gasteiger partial charge is 0.119 e. The van der Waals surface area contributed by atoms with Crippen molar-refractivity contribution in [1.82, 2.24) is 0 Å². The van der Waals surface area contributed by atoms with Crippen molar-refractivity contribution in [3.8, 4) is 5.75 Å². The van der Waals surface area contributed by atoms with E-state index in [1.165, 1.54) is 5.69 Å². The fourth-order valence-electron chi connectivity index (χ4n) is 2.23. The van der Waals surface area contributed by atoms with Crippen molar-refractivity contribution >= 4 is 5.69 Å². The molecule has 0 radical (unpaired) electrons. The molecule has 4 heteroatoms. The molecule has 18 heavy (non-hydrogen) atoms. The van der Waals surface area contributed by atoms with E-state index in [0.717, 1.165) is 31.9 Å². The molecule has 2 N–H and O–H groups in total. The van der Waals surface area contributed by atoms with Crippen molar-refractivity contribution < 1.29 is 9.47 Å². The van der Waals surface area contributed by atoms with Crippen LogP contribution >= 0.6 is 0 Å². The molecule has 1 aliphatic heterocycles. The van der Waals surface area contributed by atoms with Crippen molar-refractivity contribution in [2.24, 2.45) is 5.73 Å². The quantitative estimate of drug-likeness (QED) is 0.863. The van der Waals surface area contributed by atoms with Crippen molar-refractivity contribution in [3.63, 3.8) is 0 Å². The maximum Gasteiger partial charge on any atom is 0.119 e. The summed E-state index contributed by atoms with van der Waals surface area (Å²) in [6.45, 7) is 6.02. The molecule has 0 aliphatic carbocycles. The van der Waals surface area contributed by atoms with Gasteiger partial charge < -0.3 is 20.1 Å². The summed E-state index contributed by atoms with van der Waals surface area (Å²) in [5.41, 5.74) is 6.81. The van der Waals surface area contributed by atoms with Gasteiger partial charge in [0.15, 0.2) is 0 Å². The van der Waals surface area contributed by atoms with Gasteiger partial charge >= 0.3 is 0 Å². The highest BCUT2D eigenvalue weighted by molar-refractivity contribution is 5.49. The lowest BCUT2D eigenvalue weighted by atomic mass is 10.2. The number of nitrogens with zero attached hydrogens (tertiary/aromatic N) is 1. The molecule has 0 aromatic heterocycles. The molecule has 1 fully saturated rings. The Morgan fingerprint density at radius 2 is 2.17 bits per heavy atom. The zero-order valence-corrected chi connectivity index (χ0v) is 11.0. The van der Waals surface area contributed by atoms with E-state index in [-0.39, 0.29) is 6.10 Å². The second-order valence-electron chi connectivity index (χ2n) is 4.44. The maximum atomic E-state index is 5.69. The largest absolute Gasteiger partial charge is 0.494 e. The molecule has 1 unspecified atom stereocenters. The van der Waals surface area contributed by atoms with Crippen LogP contribution in [0.15, 0.2) is 24.3 Å². The van der Waals surface area contributed by atoms with E-state index in [4.69, 9.17) is 15.2 Å². The molecule has 0 saturated carbocycles. The normalized spacial score (nSPS) is 19.9. The van der Waals surface area contributed by atoms with Crippen LogP contribution in [-0.2, 0) is 4.74 Å². The van der Waals surface area contributed by atoms with Crippen LogP contribution in [0.1, 0.15) is 13.3 Å². The number of anilines is 1. The molecule has 1 aliphatic rings. The average Bonchev–Trinajstić information content (AvgIpc) is 2.41. The SMILES string of the molecule is CCOc1ccc(N2CCOC(CCN)C2)cc1. The summed E-state index contributed by atoms with van der Waals surface area (Å²) in [4.78, 5) is 2.35. The number of hydrogen-bond donors (Lipinski definition) is 1. The Labute approximate surface area is 109 Å². The second kappa shape index (κ2) is 6.61. The number of ether oxygens (including phenoxy) is 2. The number of rotatable bonds is 5.